The Morgan fingerprint density at radius 1 is 1.23 bits per heavy atom. The molecule has 2 unspecified atom stereocenters. The molecule has 2 fully saturated rings. The van der Waals surface area contributed by atoms with E-state index in [1.807, 2.05) is 12.1 Å². The number of benzene rings is 1. The fourth-order valence-electron chi connectivity index (χ4n) is 4.99. The molecule has 1 aromatic carbocycles. The van der Waals surface area contributed by atoms with Crippen LogP contribution in [0.1, 0.15) is 30.7 Å². The molecule has 0 spiro atoms. The van der Waals surface area contributed by atoms with Crippen LogP contribution in [0.2, 0.25) is 5.02 Å². The molecule has 0 aromatic heterocycles. The number of nitrogens with zero attached hydrogens (tertiary/aromatic N) is 3. The van der Waals surface area contributed by atoms with Crippen LogP contribution >= 0.6 is 11.6 Å². The summed E-state index contributed by atoms with van der Waals surface area (Å²) in [5.74, 6) is 1.99. The van der Waals surface area contributed by atoms with Crippen LogP contribution in [0.15, 0.2) is 24.3 Å². The number of amides is 1. The summed E-state index contributed by atoms with van der Waals surface area (Å²) in [6.07, 6.45) is 3.65. The number of halogens is 1. The summed E-state index contributed by atoms with van der Waals surface area (Å²) < 4.78 is 8.22. The maximum atomic E-state index is 12.2. The molecule has 2 bridgehead atoms. The maximum absolute atomic E-state index is 12.2. The van der Waals surface area contributed by atoms with Crippen molar-refractivity contribution in [2.45, 2.75) is 37.3 Å². The van der Waals surface area contributed by atoms with Crippen molar-refractivity contribution in [1.29, 1.82) is 0 Å². The van der Waals surface area contributed by atoms with Crippen molar-refractivity contribution in [2.24, 2.45) is 5.92 Å². The van der Waals surface area contributed by atoms with Gasteiger partial charge in [0.05, 0.1) is 5.91 Å². The second kappa shape index (κ2) is 13.6. The minimum atomic E-state index is -0.0789. The summed E-state index contributed by atoms with van der Waals surface area (Å²) in [5.41, 5.74) is 1.36. The van der Waals surface area contributed by atoms with E-state index in [0.717, 1.165) is 43.4 Å². The van der Waals surface area contributed by atoms with E-state index in [1.54, 1.807) is 0 Å². The predicted molar refractivity (Wildman–Crippen MR) is 122 cm³/mol. The van der Waals surface area contributed by atoms with Gasteiger partial charge in [-0.05, 0) is 62.4 Å². The molecule has 2 aliphatic heterocycles. The molecule has 2 saturated heterocycles. The summed E-state index contributed by atoms with van der Waals surface area (Å²) in [6.45, 7) is 2.39. The number of hydrogen-bond donors (Lipinski definition) is 0. The van der Waals surface area contributed by atoms with Crippen molar-refractivity contribution in [2.75, 3.05) is 44.7 Å². The molecule has 5 nitrogen and oxygen atoms in total. The zero-order valence-corrected chi connectivity index (χ0v) is 21.5. The predicted octanol–water partition coefficient (Wildman–Crippen LogP) is 3.08. The van der Waals surface area contributed by atoms with Gasteiger partial charge in [0.1, 0.15) is 0 Å². The van der Waals surface area contributed by atoms with Gasteiger partial charge in [0.15, 0.2) is 0 Å². The van der Waals surface area contributed by atoms with Gasteiger partial charge in [-0.15, -0.1) is 0 Å². The Morgan fingerprint density at radius 3 is 2.57 bits per heavy atom. The second-order valence-corrected chi connectivity index (χ2v) is 9.19. The Labute approximate surface area is 206 Å². The van der Waals surface area contributed by atoms with Crippen LogP contribution in [0, 0.1) is 5.92 Å². The number of piperidine rings is 1. The molecule has 4 atom stereocenters. The van der Waals surface area contributed by atoms with E-state index >= 15 is 0 Å². The van der Waals surface area contributed by atoms with E-state index in [9.17, 15) is 4.79 Å². The van der Waals surface area contributed by atoms with Gasteiger partial charge in [0.25, 0.3) is 0 Å². The van der Waals surface area contributed by atoms with Gasteiger partial charge in [-0.25, -0.2) is 0 Å². The van der Waals surface area contributed by atoms with Gasteiger partial charge in [-0.3, -0.25) is 4.90 Å². The summed E-state index contributed by atoms with van der Waals surface area (Å²) in [7, 11) is 2.26. The van der Waals surface area contributed by atoms with E-state index in [-0.39, 0.29) is 5.91 Å². The van der Waals surface area contributed by atoms with Gasteiger partial charge < -0.3 is 40.3 Å². The van der Waals surface area contributed by atoms with Crippen molar-refractivity contribution in [3.63, 3.8) is 0 Å². The van der Waals surface area contributed by atoms with Crippen LogP contribution < -0.4 is 0 Å². The van der Waals surface area contributed by atoms with Gasteiger partial charge in [-0.2, -0.15) is 18.1 Å². The third kappa shape index (κ3) is 7.03. The molecule has 0 aliphatic carbocycles. The van der Waals surface area contributed by atoms with Gasteiger partial charge in [0, 0.05) is 30.2 Å². The Kier molecular flexibility index (Phi) is 11.9. The van der Waals surface area contributed by atoms with Crippen molar-refractivity contribution in [1.82, 2.24) is 9.80 Å². The molecular weight excluding hydrogens is 525 g/mol. The number of fused-ring (bicyclic) bond motifs is 2. The van der Waals surface area contributed by atoms with Gasteiger partial charge in [-0.1, -0.05) is 23.7 Å². The Bertz CT molecular complexity index is 670. The first-order chi connectivity index (χ1) is 14.5. The molecular formula is C21H29ClN3O2S2Tc-3. The third-order valence-corrected chi connectivity index (χ3v) is 6.96. The summed E-state index contributed by atoms with van der Waals surface area (Å²) >= 11 is 17.2. The number of carbonyl (C=O) groups excluding carboxylic acids is 1. The SMILES string of the molecule is CN1C2CCC1[C@@H](CN(CC[S-])CC(=O)[N-]CC[S-])[C@@H](c1ccc(Cl)cc1)C2.[O]=[99Tc]. The first-order valence-corrected chi connectivity index (χ1v) is 12.5. The topological polar surface area (TPSA) is 54.7 Å². The number of hydrogen-bond acceptors (Lipinski definition) is 6. The average molecular weight is 554 g/mol. The monoisotopic (exact) mass is 553 g/mol. The van der Waals surface area contributed by atoms with Crippen LogP contribution in [0.25, 0.3) is 5.32 Å². The summed E-state index contributed by atoms with van der Waals surface area (Å²) in [4.78, 5) is 17.0. The van der Waals surface area contributed by atoms with Crippen molar-refractivity contribution in [3.05, 3.63) is 40.2 Å². The van der Waals surface area contributed by atoms with E-state index in [4.69, 9.17) is 40.4 Å². The van der Waals surface area contributed by atoms with Crippen LogP contribution in [0.4, 0.5) is 0 Å². The molecule has 30 heavy (non-hydrogen) atoms. The molecule has 0 radical (unpaired) electrons. The quantitative estimate of drug-likeness (QED) is 0.438. The van der Waals surface area contributed by atoms with Gasteiger partial charge >= 0.3 is 22.4 Å². The van der Waals surface area contributed by atoms with E-state index in [1.165, 1.54) is 18.4 Å². The van der Waals surface area contributed by atoms with Crippen molar-refractivity contribution in [3.8, 4) is 0 Å². The van der Waals surface area contributed by atoms with Crippen molar-refractivity contribution >= 4 is 42.8 Å². The van der Waals surface area contributed by atoms with Crippen molar-refractivity contribution < 1.29 is 27.2 Å². The van der Waals surface area contributed by atoms with Gasteiger partial charge in [0.2, 0.25) is 0 Å². The van der Waals surface area contributed by atoms with E-state index in [0.29, 0.717) is 48.5 Å². The molecule has 1 aromatic rings. The Hall–Kier alpha value is 0.0494. The van der Waals surface area contributed by atoms with Crippen LogP contribution in [-0.4, -0.2) is 72.5 Å². The molecule has 9 heteroatoms. The molecule has 3 rings (SSSR count). The average Bonchev–Trinajstić information content (AvgIpc) is 2.99. The van der Waals surface area contributed by atoms with E-state index < -0.39 is 0 Å². The Morgan fingerprint density at radius 2 is 1.93 bits per heavy atom. The first kappa shape index (κ1) is 26.3. The molecule has 0 N–H and O–H groups in total. The minimum absolute atomic E-state index is 0.0789. The molecule has 2 heterocycles. The normalized spacial score (nSPS) is 25.6. The fraction of sp³-hybridized carbons (Fsp3) is 0.667. The number of carbonyl (C=O) groups is 1. The van der Waals surface area contributed by atoms with Crippen LogP contribution in [-0.2, 0) is 52.4 Å². The zero-order chi connectivity index (χ0) is 22.1. The third-order valence-electron chi connectivity index (χ3n) is 6.34. The molecule has 0 saturated carbocycles. The number of rotatable bonds is 9. The fourth-order valence-corrected chi connectivity index (χ4v) is 5.47. The first-order valence-electron chi connectivity index (χ1n) is 10.2. The van der Waals surface area contributed by atoms with Crippen LogP contribution in [0.5, 0.6) is 0 Å². The molecule has 169 valence electrons. The van der Waals surface area contributed by atoms with Crippen LogP contribution in [0.3, 0.4) is 0 Å². The second-order valence-electron chi connectivity index (χ2n) is 7.94. The Balaban J connectivity index is 0.00000155. The van der Waals surface area contributed by atoms with E-state index in [2.05, 4.69) is 34.3 Å². The zero-order valence-electron chi connectivity index (χ0n) is 17.2. The standard InChI is InChI=1S/C21H32ClN3OS2.O.Tc/c1-24-17-6-7-20(24)19(18(12-17)15-2-4-16(22)5-3-15)13-25(9-11-28)14-21(26)23-8-10-27;;/h2-5,17-20H,6-14H2,1H3,(H3,23,26,27,28);;/p-3/t17?,18-,19+,20?;;/m1../s1/i;;1+1. The summed E-state index contributed by atoms with van der Waals surface area (Å²) in [6, 6.07) is 9.53. The molecule has 2 aliphatic rings. The molecule has 1 amide bonds. The summed E-state index contributed by atoms with van der Waals surface area (Å²) in [5, 5.41) is 4.84.